The first-order valence-corrected chi connectivity index (χ1v) is 8.35. The molecule has 0 aromatic carbocycles. The molecule has 120 valence electrons. The minimum atomic E-state index is 0.544. The molecule has 0 bridgehead atoms. The van der Waals surface area contributed by atoms with Crippen LogP contribution in [0.3, 0.4) is 0 Å². The van der Waals surface area contributed by atoms with Gasteiger partial charge in [-0.25, -0.2) is 9.97 Å². The van der Waals surface area contributed by atoms with Gasteiger partial charge in [0.15, 0.2) is 5.82 Å². The van der Waals surface area contributed by atoms with Crippen molar-refractivity contribution < 1.29 is 0 Å². The molecular weight excluding hydrogens is 288 g/mol. The van der Waals surface area contributed by atoms with Crippen LogP contribution in [0.25, 0.3) is 0 Å². The molecule has 0 atom stereocenters. The van der Waals surface area contributed by atoms with Gasteiger partial charge >= 0.3 is 0 Å². The van der Waals surface area contributed by atoms with Gasteiger partial charge < -0.3 is 4.90 Å². The van der Waals surface area contributed by atoms with Crippen molar-refractivity contribution in [2.24, 2.45) is 0 Å². The molecule has 0 amide bonds. The average Bonchev–Trinajstić information content (AvgIpc) is 2.54. The Balaban J connectivity index is 1.36. The highest BCUT2D eigenvalue weighted by atomic mass is 15.4. The van der Waals surface area contributed by atoms with Crippen LogP contribution in [-0.2, 0) is 19.4 Å². The normalized spacial score (nSPS) is 17.9. The summed E-state index contributed by atoms with van der Waals surface area (Å²) >= 11 is 0. The fraction of sp³-hybridized carbons (Fsp3) is 0.529. The van der Waals surface area contributed by atoms with Crippen molar-refractivity contribution in [3.63, 3.8) is 0 Å². The molecule has 1 saturated heterocycles. The van der Waals surface area contributed by atoms with E-state index in [0.29, 0.717) is 6.04 Å². The second-order valence-corrected chi connectivity index (χ2v) is 6.56. The molecule has 1 fully saturated rings. The van der Waals surface area contributed by atoms with E-state index in [2.05, 4.69) is 43.1 Å². The molecule has 0 saturated carbocycles. The number of rotatable bonds is 4. The molecule has 1 aliphatic carbocycles. The Morgan fingerprint density at radius 1 is 1.22 bits per heavy atom. The van der Waals surface area contributed by atoms with Crippen LogP contribution in [0, 0.1) is 0 Å². The fourth-order valence-corrected chi connectivity index (χ4v) is 3.35. The molecule has 6 nitrogen and oxygen atoms in total. The van der Waals surface area contributed by atoms with Crippen LogP contribution in [0.15, 0.2) is 24.7 Å². The van der Waals surface area contributed by atoms with E-state index in [4.69, 9.17) is 0 Å². The molecule has 2 aliphatic rings. The molecular formula is C17H22N6. The van der Waals surface area contributed by atoms with Gasteiger partial charge in [-0.1, -0.05) is 0 Å². The second kappa shape index (κ2) is 6.20. The minimum absolute atomic E-state index is 0.544. The van der Waals surface area contributed by atoms with Crippen LogP contribution in [0.4, 0.5) is 5.82 Å². The van der Waals surface area contributed by atoms with Crippen molar-refractivity contribution in [1.82, 2.24) is 25.1 Å². The Kier molecular flexibility index (Phi) is 3.91. The SMILES string of the molecule is CN(Cc1ccncn1)C1CN(c2cc3c(nn2)CCCC3)C1. The van der Waals surface area contributed by atoms with Crippen LogP contribution in [0.5, 0.6) is 0 Å². The number of nitrogens with zero attached hydrogens (tertiary/aromatic N) is 6. The van der Waals surface area contributed by atoms with E-state index in [1.807, 2.05) is 6.07 Å². The second-order valence-electron chi connectivity index (χ2n) is 6.56. The third-order valence-electron chi connectivity index (χ3n) is 4.92. The first-order valence-electron chi connectivity index (χ1n) is 8.35. The van der Waals surface area contributed by atoms with Gasteiger partial charge in [0.2, 0.25) is 0 Å². The van der Waals surface area contributed by atoms with Gasteiger partial charge in [0.05, 0.1) is 11.4 Å². The van der Waals surface area contributed by atoms with Gasteiger partial charge in [-0.3, -0.25) is 4.90 Å². The van der Waals surface area contributed by atoms with Crippen LogP contribution in [0.1, 0.15) is 29.8 Å². The molecule has 6 heteroatoms. The highest BCUT2D eigenvalue weighted by Gasteiger charge is 2.31. The molecule has 0 unspecified atom stereocenters. The van der Waals surface area contributed by atoms with E-state index in [1.54, 1.807) is 12.5 Å². The first kappa shape index (κ1) is 14.5. The number of fused-ring (bicyclic) bond motifs is 1. The third kappa shape index (κ3) is 3.03. The highest BCUT2D eigenvalue weighted by Crippen LogP contribution is 2.26. The lowest BCUT2D eigenvalue weighted by Crippen LogP contribution is -2.58. The molecule has 3 heterocycles. The molecule has 0 radical (unpaired) electrons. The lowest BCUT2D eigenvalue weighted by Gasteiger charge is -2.44. The summed E-state index contributed by atoms with van der Waals surface area (Å²) in [5.41, 5.74) is 3.67. The van der Waals surface area contributed by atoms with Gasteiger partial charge in [0, 0.05) is 31.9 Å². The summed E-state index contributed by atoms with van der Waals surface area (Å²) in [5.74, 6) is 1.04. The topological polar surface area (TPSA) is 58.0 Å². The monoisotopic (exact) mass is 310 g/mol. The van der Waals surface area contributed by atoms with Crippen LogP contribution in [0.2, 0.25) is 0 Å². The summed E-state index contributed by atoms with van der Waals surface area (Å²) in [6, 6.07) is 4.77. The van der Waals surface area contributed by atoms with Crippen molar-refractivity contribution in [1.29, 1.82) is 0 Å². The maximum Gasteiger partial charge on any atom is 0.151 e. The van der Waals surface area contributed by atoms with Gasteiger partial charge in [0.1, 0.15) is 6.33 Å². The van der Waals surface area contributed by atoms with E-state index < -0.39 is 0 Å². The first-order chi connectivity index (χ1) is 11.3. The average molecular weight is 310 g/mol. The van der Waals surface area contributed by atoms with Gasteiger partial charge in [-0.2, -0.15) is 5.10 Å². The van der Waals surface area contributed by atoms with Gasteiger partial charge in [0.25, 0.3) is 0 Å². The van der Waals surface area contributed by atoms with Crippen molar-refractivity contribution in [3.8, 4) is 0 Å². The number of likely N-dealkylation sites (N-methyl/N-ethyl adjacent to an activating group) is 1. The molecule has 23 heavy (non-hydrogen) atoms. The molecule has 2 aromatic rings. The van der Waals surface area contributed by atoms with Crippen molar-refractivity contribution in [3.05, 3.63) is 41.6 Å². The van der Waals surface area contributed by atoms with E-state index in [9.17, 15) is 0 Å². The van der Waals surface area contributed by atoms with E-state index >= 15 is 0 Å². The molecule has 1 aliphatic heterocycles. The van der Waals surface area contributed by atoms with Crippen molar-refractivity contribution >= 4 is 5.82 Å². The number of anilines is 1. The zero-order chi connectivity index (χ0) is 15.6. The maximum atomic E-state index is 4.44. The standard InChI is InChI=1S/C17H22N6/c1-22(9-14-6-7-18-12-19-14)15-10-23(11-15)17-8-13-4-2-3-5-16(13)20-21-17/h6-8,12,15H,2-5,9-11H2,1H3. The largest absolute Gasteiger partial charge is 0.352 e. The Hall–Kier alpha value is -2.08. The number of hydrogen-bond donors (Lipinski definition) is 0. The van der Waals surface area contributed by atoms with E-state index in [-0.39, 0.29) is 0 Å². The summed E-state index contributed by atoms with van der Waals surface area (Å²) in [7, 11) is 2.16. The zero-order valence-corrected chi connectivity index (χ0v) is 13.5. The zero-order valence-electron chi connectivity index (χ0n) is 13.5. The molecule has 2 aromatic heterocycles. The number of aromatic nitrogens is 4. The summed E-state index contributed by atoms with van der Waals surface area (Å²) in [4.78, 5) is 12.9. The van der Waals surface area contributed by atoms with Gasteiger partial charge in [-0.15, -0.1) is 5.10 Å². The predicted octanol–water partition coefficient (Wildman–Crippen LogP) is 1.47. The van der Waals surface area contributed by atoms with Crippen molar-refractivity contribution in [2.45, 2.75) is 38.3 Å². The summed E-state index contributed by atoms with van der Waals surface area (Å²) in [6.07, 6.45) is 8.18. The van der Waals surface area contributed by atoms with Crippen LogP contribution < -0.4 is 4.90 Å². The van der Waals surface area contributed by atoms with Crippen molar-refractivity contribution in [2.75, 3.05) is 25.0 Å². The molecule has 4 rings (SSSR count). The molecule has 0 spiro atoms. The number of hydrogen-bond acceptors (Lipinski definition) is 6. The Morgan fingerprint density at radius 3 is 2.91 bits per heavy atom. The molecule has 0 N–H and O–H groups in total. The predicted molar refractivity (Wildman–Crippen MR) is 88.2 cm³/mol. The summed E-state index contributed by atoms with van der Waals surface area (Å²) in [6.45, 7) is 2.88. The van der Waals surface area contributed by atoms with E-state index in [1.165, 1.54) is 24.1 Å². The fourth-order valence-electron chi connectivity index (χ4n) is 3.35. The Morgan fingerprint density at radius 2 is 2.09 bits per heavy atom. The lowest BCUT2D eigenvalue weighted by molar-refractivity contribution is 0.194. The minimum Gasteiger partial charge on any atom is -0.352 e. The van der Waals surface area contributed by atoms with Crippen LogP contribution >= 0.6 is 0 Å². The quantitative estimate of drug-likeness (QED) is 0.852. The Labute approximate surface area is 136 Å². The summed E-state index contributed by atoms with van der Waals surface area (Å²) < 4.78 is 0. The third-order valence-corrected chi connectivity index (χ3v) is 4.92. The maximum absolute atomic E-state index is 4.44. The number of aryl methyl sites for hydroxylation is 2. The van der Waals surface area contributed by atoms with Gasteiger partial charge in [-0.05, 0) is 50.4 Å². The Bertz CT molecular complexity index is 668. The van der Waals surface area contributed by atoms with E-state index in [0.717, 1.165) is 44.0 Å². The smallest absolute Gasteiger partial charge is 0.151 e. The highest BCUT2D eigenvalue weighted by molar-refractivity contribution is 5.45. The van der Waals surface area contributed by atoms with Crippen LogP contribution in [-0.4, -0.2) is 51.2 Å². The summed E-state index contributed by atoms with van der Waals surface area (Å²) in [5, 5.41) is 8.87. The lowest BCUT2D eigenvalue weighted by atomic mass is 9.96.